The Balaban J connectivity index is 2.60. The van der Waals surface area contributed by atoms with Crippen LogP contribution in [0, 0.1) is 0 Å². The maximum Gasteiger partial charge on any atom is 0.218 e. The van der Waals surface area contributed by atoms with Crippen LogP contribution in [-0.2, 0) is 6.54 Å². The Morgan fingerprint density at radius 3 is 2.56 bits per heavy atom. The van der Waals surface area contributed by atoms with Crippen LogP contribution < -0.4 is 9.47 Å². The van der Waals surface area contributed by atoms with E-state index in [0.717, 1.165) is 21.3 Å². The van der Waals surface area contributed by atoms with Gasteiger partial charge in [0.25, 0.3) is 0 Å². The number of nitrogens with zero attached hydrogens (tertiary/aromatic N) is 2. The second-order valence-electron chi connectivity index (χ2n) is 3.64. The van der Waals surface area contributed by atoms with Crippen molar-refractivity contribution in [3.8, 4) is 11.5 Å². The molecule has 18 heavy (non-hydrogen) atoms. The van der Waals surface area contributed by atoms with Gasteiger partial charge < -0.3 is 9.47 Å². The Morgan fingerprint density at radius 2 is 1.94 bits per heavy atom. The molecule has 0 N–H and O–H groups in total. The van der Waals surface area contributed by atoms with Crippen LogP contribution in [0.3, 0.4) is 0 Å². The summed E-state index contributed by atoms with van der Waals surface area (Å²) in [5, 5.41) is 0.288. The number of methoxy groups -OCH3 is 2. The Bertz CT molecular complexity index is 529. The van der Waals surface area contributed by atoms with Crippen LogP contribution in [0.4, 0.5) is 0 Å². The predicted molar refractivity (Wildman–Crippen MR) is 82.0 cm³/mol. The summed E-state index contributed by atoms with van der Waals surface area (Å²) >= 11 is 8.18. The molecule has 2 rings (SSSR count). The lowest BCUT2D eigenvalue weighted by atomic mass is 10.0. The van der Waals surface area contributed by atoms with Gasteiger partial charge in [0.2, 0.25) is 5.29 Å². The average molecular weight is 379 g/mol. The molecular weight excluding hydrogens is 367 g/mol. The molecule has 0 amide bonds. The summed E-state index contributed by atoms with van der Waals surface area (Å²) in [6.07, 6.45) is 0. The Morgan fingerprint density at radius 1 is 1.28 bits per heavy atom. The van der Waals surface area contributed by atoms with Crippen LogP contribution in [0.15, 0.2) is 22.1 Å². The summed E-state index contributed by atoms with van der Waals surface area (Å²) in [4.78, 5) is 8.48. The summed E-state index contributed by atoms with van der Waals surface area (Å²) in [5.74, 6) is 1.38. The fraction of sp³-hybridized carbons (Fsp3) is 0.333. The summed E-state index contributed by atoms with van der Waals surface area (Å²) in [5.41, 5.74) is 2.96. The van der Waals surface area contributed by atoms with Gasteiger partial charge in [-0.25, -0.2) is 4.99 Å². The van der Waals surface area contributed by atoms with Crippen molar-refractivity contribution in [2.75, 3.05) is 18.6 Å². The maximum absolute atomic E-state index is 5.93. The molecule has 0 unspecified atom stereocenters. The SMILES string of the molecule is COc1cc2c(cc1OC)C(CI)=NC(Cl)=NC2. The molecule has 96 valence electrons. The molecule has 0 radical (unpaired) electrons. The molecule has 0 saturated heterocycles. The van der Waals surface area contributed by atoms with Gasteiger partial charge in [0.15, 0.2) is 11.5 Å². The minimum absolute atomic E-state index is 0.288. The van der Waals surface area contributed by atoms with Crippen molar-refractivity contribution in [3.05, 3.63) is 23.3 Å². The molecule has 1 aliphatic heterocycles. The van der Waals surface area contributed by atoms with E-state index in [4.69, 9.17) is 21.1 Å². The molecule has 1 aromatic rings. The standard InChI is InChI=1S/C12H12ClIN2O2/c1-17-10-3-7-6-15-12(13)16-9(5-14)8(7)4-11(10)18-2/h3-4H,5-6H2,1-2H3. The van der Waals surface area contributed by atoms with Crippen molar-refractivity contribution in [2.24, 2.45) is 9.98 Å². The van der Waals surface area contributed by atoms with Crippen molar-refractivity contribution in [1.82, 2.24) is 0 Å². The Kier molecular flexibility index (Phi) is 4.45. The van der Waals surface area contributed by atoms with Gasteiger partial charge >= 0.3 is 0 Å². The minimum atomic E-state index is 0.288. The molecule has 4 nitrogen and oxygen atoms in total. The zero-order chi connectivity index (χ0) is 13.1. The molecule has 0 bridgehead atoms. The molecule has 0 aromatic heterocycles. The molecule has 1 aliphatic rings. The lowest BCUT2D eigenvalue weighted by Gasteiger charge is -2.13. The highest BCUT2D eigenvalue weighted by molar-refractivity contribution is 14.1. The number of fused-ring (bicyclic) bond motifs is 1. The third kappa shape index (κ3) is 2.61. The molecule has 0 fully saturated rings. The topological polar surface area (TPSA) is 43.2 Å². The highest BCUT2D eigenvalue weighted by atomic mass is 127. The van der Waals surface area contributed by atoms with Gasteiger partial charge in [-0.3, -0.25) is 4.99 Å². The van der Waals surface area contributed by atoms with E-state index in [9.17, 15) is 0 Å². The normalized spacial score (nSPS) is 14.2. The van der Waals surface area contributed by atoms with E-state index in [2.05, 4.69) is 32.6 Å². The summed E-state index contributed by atoms with van der Waals surface area (Å²) in [6.45, 7) is 0.498. The zero-order valence-electron chi connectivity index (χ0n) is 10.0. The van der Waals surface area contributed by atoms with Gasteiger partial charge in [0.05, 0.1) is 26.5 Å². The Hall–Kier alpha value is -0.820. The molecule has 0 spiro atoms. The van der Waals surface area contributed by atoms with Gasteiger partial charge in [-0.05, 0) is 29.3 Å². The van der Waals surface area contributed by atoms with E-state index in [-0.39, 0.29) is 5.29 Å². The maximum atomic E-state index is 5.93. The number of hydrogen-bond donors (Lipinski definition) is 0. The van der Waals surface area contributed by atoms with Gasteiger partial charge in [0, 0.05) is 9.99 Å². The van der Waals surface area contributed by atoms with Crippen molar-refractivity contribution < 1.29 is 9.47 Å². The first-order valence-electron chi connectivity index (χ1n) is 5.28. The average Bonchev–Trinajstić information content (AvgIpc) is 2.56. The molecule has 0 saturated carbocycles. The smallest absolute Gasteiger partial charge is 0.218 e. The largest absolute Gasteiger partial charge is 0.493 e. The summed E-state index contributed by atoms with van der Waals surface area (Å²) in [6, 6.07) is 3.85. The third-order valence-corrected chi connectivity index (χ3v) is 3.58. The fourth-order valence-electron chi connectivity index (χ4n) is 1.78. The van der Waals surface area contributed by atoms with E-state index >= 15 is 0 Å². The predicted octanol–water partition coefficient (Wildman–Crippen LogP) is 3.04. The van der Waals surface area contributed by atoms with Crippen LogP contribution >= 0.6 is 34.2 Å². The van der Waals surface area contributed by atoms with Crippen molar-refractivity contribution in [1.29, 1.82) is 0 Å². The molecule has 1 heterocycles. The first-order valence-corrected chi connectivity index (χ1v) is 7.18. The van der Waals surface area contributed by atoms with E-state index in [1.54, 1.807) is 14.2 Å². The summed E-state index contributed by atoms with van der Waals surface area (Å²) in [7, 11) is 3.23. The van der Waals surface area contributed by atoms with Crippen LogP contribution in [-0.4, -0.2) is 29.7 Å². The molecular formula is C12H12ClIN2O2. The van der Waals surface area contributed by atoms with E-state index in [0.29, 0.717) is 18.0 Å². The molecule has 0 aliphatic carbocycles. The number of halogens is 2. The van der Waals surface area contributed by atoms with Gasteiger partial charge in [-0.15, -0.1) is 0 Å². The number of rotatable bonds is 3. The van der Waals surface area contributed by atoms with Crippen molar-refractivity contribution >= 4 is 45.2 Å². The monoisotopic (exact) mass is 378 g/mol. The minimum Gasteiger partial charge on any atom is -0.493 e. The fourth-order valence-corrected chi connectivity index (χ4v) is 2.52. The summed E-state index contributed by atoms with van der Waals surface area (Å²) < 4.78 is 11.4. The highest BCUT2D eigenvalue weighted by Gasteiger charge is 2.17. The third-order valence-electron chi connectivity index (χ3n) is 2.65. The quantitative estimate of drug-likeness (QED) is 0.461. The van der Waals surface area contributed by atoms with E-state index in [1.807, 2.05) is 12.1 Å². The van der Waals surface area contributed by atoms with E-state index in [1.165, 1.54) is 0 Å². The second-order valence-corrected chi connectivity index (χ2v) is 4.74. The lowest BCUT2D eigenvalue weighted by Crippen LogP contribution is -2.07. The lowest BCUT2D eigenvalue weighted by molar-refractivity contribution is 0.354. The van der Waals surface area contributed by atoms with Gasteiger partial charge in [-0.2, -0.15) is 0 Å². The first-order chi connectivity index (χ1) is 8.69. The number of ether oxygens (including phenoxy) is 2. The number of aliphatic imine (C=N–C) groups is 2. The van der Waals surface area contributed by atoms with Crippen LogP contribution in [0.5, 0.6) is 11.5 Å². The second kappa shape index (κ2) is 5.88. The number of amidine groups is 1. The molecule has 0 atom stereocenters. The van der Waals surface area contributed by atoms with Crippen LogP contribution in [0.25, 0.3) is 0 Å². The number of benzene rings is 1. The molecule has 6 heteroatoms. The van der Waals surface area contributed by atoms with Crippen LogP contribution in [0.2, 0.25) is 0 Å². The van der Waals surface area contributed by atoms with Gasteiger partial charge in [-0.1, -0.05) is 22.6 Å². The van der Waals surface area contributed by atoms with Crippen LogP contribution in [0.1, 0.15) is 11.1 Å². The highest BCUT2D eigenvalue weighted by Crippen LogP contribution is 2.32. The zero-order valence-corrected chi connectivity index (χ0v) is 12.9. The first kappa shape index (κ1) is 13.6. The van der Waals surface area contributed by atoms with Gasteiger partial charge in [0.1, 0.15) is 0 Å². The number of hydrogen-bond acceptors (Lipinski definition) is 4. The van der Waals surface area contributed by atoms with Crippen molar-refractivity contribution in [2.45, 2.75) is 6.54 Å². The Labute approximate surface area is 124 Å². The van der Waals surface area contributed by atoms with Crippen molar-refractivity contribution in [3.63, 3.8) is 0 Å². The van der Waals surface area contributed by atoms with E-state index < -0.39 is 0 Å². The molecule has 1 aromatic carbocycles. The number of alkyl halides is 1.